The van der Waals surface area contributed by atoms with Crippen molar-refractivity contribution in [1.82, 2.24) is 4.98 Å². The van der Waals surface area contributed by atoms with Crippen LogP contribution in [0.2, 0.25) is 0 Å². The van der Waals surface area contributed by atoms with Crippen molar-refractivity contribution in [2.45, 2.75) is 6.43 Å². The molecule has 14 heavy (non-hydrogen) atoms. The van der Waals surface area contributed by atoms with Crippen molar-refractivity contribution < 1.29 is 13.6 Å². The third-order valence-electron chi connectivity index (χ3n) is 1.48. The van der Waals surface area contributed by atoms with Gasteiger partial charge in [-0.25, -0.2) is 13.8 Å². The van der Waals surface area contributed by atoms with E-state index in [2.05, 4.69) is 4.98 Å². The lowest BCUT2D eigenvalue weighted by Gasteiger charge is -2.07. The van der Waals surface area contributed by atoms with E-state index in [-0.39, 0.29) is 14.7 Å². The quantitative estimate of drug-likeness (QED) is 0.586. The SMILES string of the molecule is NC(=O)c1c(I)ncc(C(F)F)c1I. The van der Waals surface area contributed by atoms with E-state index in [9.17, 15) is 13.6 Å². The molecule has 0 aliphatic carbocycles. The van der Waals surface area contributed by atoms with Gasteiger partial charge in [-0.1, -0.05) is 0 Å². The maximum absolute atomic E-state index is 12.4. The van der Waals surface area contributed by atoms with Gasteiger partial charge in [0.2, 0.25) is 0 Å². The molecule has 1 rings (SSSR count). The zero-order valence-corrected chi connectivity index (χ0v) is 10.9. The lowest BCUT2D eigenvalue weighted by molar-refractivity contribution is 0.0997. The summed E-state index contributed by atoms with van der Waals surface area (Å²) < 4.78 is 25.3. The van der Waals surface area contributed by atoms with Crippen molar-refractivity contribution in [3.8, 4) is 0 Å². The van der Waals surface area contributed by atoms with Crippen LogP contribution in [0, 0.1) is 7.27 Å². The molecule has 0 radical (unpaired) electrons. The largest absolute Gasteiger partial charge is 0.365 e. The van der Waals surface area contributed by atoms with E-state index in [1.54, 1.807) is 45.2 Å². The first-order chi connectivity index (χ1) is 6.45. The molecular weight excluding hydrogens is 420 g/mol. The van der Waals surface area contributed by atoms with Gasteiger partial charge in [-0.15, -0.1) is 0 Å². The van der Waals surface area contributed by atoms with Crippen molar-refractivity contribution in [1.29, 1.82) is 0 Å². The minimum Gasteiger partial charge on any atom is -0.365 e. The van der Waals surface area contributed by atoms with Crippen molar-refractivity contribution in [2.24, 2.45) is 5.73 Å². The van der Waals surface area contributed by atoms with Crippen LogP contribution >= 0.6 is 45.2 Å². The third kappa shape index (κ3) is 2.30. The molecular formula is C7H4F2I2N2O. The zero-order valence-electron chi connectivity index (χ0n) is 6.60. The van der Waals surface area contributed by atoms with Gasteiger partial charge in [0, 0.05) is 9.77 Å². The van der Waals surface area contributed by atoms with Crippen molar-refractivity contribution >= 4 is 51.1 Å². The molecule has 0 unspecified atom stereocenters. The monoisotopic (exact) mass is 424 g/mol. The number of hydrogen-bond acceptors (Lipinski definition) is 2. The second-order valence-corrected chi connectivity index (χ2v) is 4.46. The lowest BCUT2D eigenvalue weighted by Crippen LogP contribution is -2.17. The number of nitrogens with zero attached hydrogens (tertiary/aromatic N) is 1. The van der Waals surface area contributed by atoms with Crippen molar-refractivity contribution in [3.63, 3.8) is 0 Å². The molecule has 76 valence electrons. The number of hydrogen-bond donors (Lipinski definition) is 1. The summed E-state index contributed by atoms with van der Waals surface area (Å²) in [4.78, 5) is 14.6. The van der Waals surface area contributed by atoms with Gasteiger partial charge in [-0.05, 0) is 45.2 Å². The van der Waals surface area contributed by atoms with Gasteiger partial charge in [0.05, 0.1) is 11.1 Å². The Kier molecular flexibility index (Phi) is 3.98. The summed E-state index contributed by atoms with van der Waals surface area (Å²) in [7, 11) is 0. The van der Waals surface area contributed by atoms with Crippen LogP contribution in [0.3, 0.4) is 0 Å². The molecule has 3 nitrogen and oxygen atoms in total. The van der Waals surface area contributed by atoms with Crippen LogP contribution in [0.25, 0.3) is 0 Å². The van der Waals surface area contributed by atoms with E-state index in [1.165, 1.54) is 0 Å². The number of pyridine rings is 1. The van der Waals surface area contributed by atoms with Crippen LogP contribution < -0.4 is 5.73 Å². The molecule has 1 aromatic rings. The molecule has 2 N–H and O–H groups in total. The molecule has 0 saturated carbocycles. The van der Waals surface area contributed by atoms with Crippen LogP contribution in [0.1, 0.15) is 22.3 Å². The number of primary amides is 1. The minimum absolute atomic E-state index is 0.0593. The highest BCUT2D eigenvalue weighted by atomic mass is 127. The average molecular weight is 424 g/mol. The van der Waals surface area contributed by atoms with Gasteiger partial charge in [0.1, 0.15) is 3.70 Å². The number of nitrogens with two attached hydrogens (primary N) is 1. The summed E-state index contributed by atoms with van der Waals surface area (Å²) in [5, 5.41) is 0. The summed E-state index contributed by atoms with van der Waals surface area (Å²) in [6, 6.07) is 0. The smallest absolute Gasteiger partial charge is 0.266 e. The normalized spacial score (nSPS) is 10.6. The zero-order chi connectivity index (χ0) is 10.9. The topological polar surface area (TPSA) is 56.0 Å². The van der Waals surface area contributed by atoms with Gasteiger partial charge in [-0.2, -0.15) is 0 Å². The Labute approximate surface area is 106 Å². The van der Waals surface area contributed by atoms with Crippen LogP contribution in [0.4, 0.5) is 8.78 Å². The molecule has 1 heterocycles. The molecule has 0 aliphatic heterocycles. The summed E-state index contributed by atoms with van der Waals surface area (Å²) in [6.45, 7) is 0. The number of carbonyl (C=O) groups is 1. The van der Waals surface area contributed by atoms with E-state index in [0.717, 1.165) is 6.20 Å². The predicted molar refractivity (Wildman–Crippen MR) is 63.1 cm³/mol. The first-order valence-corrected chi connectivity index (χ1v) is 5.52. The highest BCUT2D eigenvalue weighted by Gasteiger charge is 2.20. The van der Waals surface area contributed by atoms with Gasteiger partial charge in [-0.3, -0.25) is 4.79 Å². The fourth-order valence-corrected chi connectivity index (χ4v) is 2.93. The molecule has 0 fully saturated rings. The van der Waals surface area contributed by atoms with Gasteiger partial charge >= 0.3 is 0 Å². The number of rotatable bonds is 2. The number of alkyl halides is 2. The highest BCUT2D eigenvalue weighted by molar-refractivity contribution is 14.1. The maximum Gasteiger partial charge on any atom is 0.266 e. The van der Waals surface area contributed by atoms with Crippen molar-refractivity contribution in [2.75, 3.05) is 0 Å². The molecule has 0 atom stereocenters. The Morgan fingerprint density at radius 2 is 2.07 bits per heavy atom. The van der Waals surface area contributed by atoms with Crippen LogP contribution in [-0.2, 0) is 0 Å². The summed E-state index contributed by atoms with van der Waals surface area (Å²) in [6.07, 6.45) is -1.59. The highest BCUT2D eigenvalue weighted by Crippen LogP contribution is 2.27. The molecule has 0 saturated heterocycles. The number of amides is 1. The Bertz CT molecular complexity index is 384. The molecule has 7 heteroatoms. The number of halogens is 4. The standard InChI is InChI=1S/C7H4F2I2N2O/c8-5(9)2-1-13-6(11)3(4(2)10)7(12)14/h1,5H,(H2,12,14). The van der Waals surface area contributed by atoms with E-state index < -0.39 is 12.3 Å². The lowest BCUT2D eigenvalue weighted by atomic mass is 10.2. The molecule has 0 aromatic carbocycles. The second kappa shape index (κ2) is 4.64. The first kappa shape index (κ1) is 12.0. The Morgan fingerprint density at radius 1 is 1.50 bits per heavy atom. The third-order valence-corrected chi connectivity index (χ3v) is 3.46. The molecule has 0 spiro atoms. The maximum atomic E-state index is 12.4. The van der Waals surface area contributed by atoms with E-state index in [0.29, 0.717) is 3.70 Å². The van der Waals surface area contributed by atoms with Crippen LogP contribution in [0.5, 0.6) is 0 Å². The average Bonchev–Trinajstić information content (AvgIpc) is 2.02. The van der Waals surface area contributed by atoms with Crippen LogP contribution in [-0.4, -0.2) is 10.9 Å². The fraction of sp³-hybridized carbons (Fsp3) is 0.143. The summed E-state index contributed by atoms with van der Waals surface area (Å²) >= 11 is 3.45. The van der Waals surface area contributed by atoms with E-state index in [4.69, 9.17) is 5.73 Å². The van der Waals surface area contributed by atoms with Crippen molar-refractivity contribution in [3.05, 3.63) is 24.6 Å². The minimum atomic E-state index is -2.65. The van der Waals surface area contributed by atoms with Crippen LogP contribution in [0.15, 0.2) is 6.20 Å². The molecule has 1 amide bonds. The summed E-state index contributed by atoms with van der Waals surface area (Å²) in [5.74, 6) is -0.742. The van der Waals surface area contributed by atoms with Gasteiger partial charge in [0.25, 0.3) is 12.3 Å². The molecule has 0 aliphatic rings. The Hall–Kier alpha value is -0.0600. The Morgan fingerprint density at radius 3 is 2.50 bits per heavy atom. The predicted octanol–water partition coefficient (Wildman–Crippen LogP) is 2.33. The Balaban J connectivity index is 3.41. The molecule has 0 bridgehead atoms. The number of carbonyl (C=O) groups excluding carboxylic acids is 1. The van der Waals surface area contributed by atoms with E-state index >= 15 is 0 Å². The second-order valence-electron chi connectivity index (χ2n) is 2.36. The van der Waals surface area contributed by atoms with E-state index in [1.807, 2.05) is 0 Å². The molecule has 1 aromatic heterocycles. The first-order valence-electron chi connectivity index (χ1n) is 3.37. The summed E-state index contributed by atoms with van der Waals surface area (Å²) in [5.41, 5.74) is 4.85. The van der Waals surface area contributed by atoms with Gasteiger partial charge < -0.3 is 5.73 Å². The number of aromatic nitrogens is 1. The van der Waals surface area contributed by atoms with Gasteiger partial charge in [0.15, 0.2) is 0 Å². The fourth-order valence-electron chi connectivity index (χ4n) is 0.844.